The number of esters is 2. The molecule has 2 aromatic rings. The van der Waals surface area contributed by atoms with Gasteiger partial charge in [0.15, 0.2) is 0 Å². The van der Waals surface area contributed by atoms with E-state index < -0.39 is 0 Å². The number of nitrogens with zero attached hydrogens (tertiary/aromatic N) is 2. The van der Waals surface area contributed by atoms with Crippen LogP contribution in [0.25, 0.3) is 11.4 Å². The number of carbonyl (C=O) groups excluding carboxylic acids is 2. The van der Waals surface area contributed by atoms with E-state index in [2.05, 4.69) is 23.8 Å². The van der Waals surface area contributed by atoms with Crippen LogP contribution in [0.5, 0.6) is 0 Å². The smallest absolute Gasteiger partial charge is 0.338 e. The Balaban J connectivity index is 1.50. The van der Waals surface area contributed by atoms with Crippen LogP contribution in [0, 0.1) is 0 Å². The minimum absolute atomic E-state index is 0.353. The molecular weight excluding hydrogens is 669 g/mol. The number of rotatable bonds is 37. The molecule has 0 bridgehead atoms. The Morgan fingerprint density at radius 3 is 0.889 bits per heavy atom. The van der Waals surface area contributed by atoms with Gasteiger partial charge in [0.25, 0.3) is 0 Å². The maximum Gasteiger partial charge on any atom is 0.338 e. The highest BCUT2D eigenvalue weighted by Crippen LogP contribution is 2.19. The summed E-state index contributed by atoms with van der Waals surface area (Å²) in [6, 6.07) is 6.69. The average molecular weight is 749 g/mol. The second kappa shape index (κ2) is 34.7. The summed E-state index contributed by atoms with van der Waals surface area (Å²) in [6.07, 6.45) is 45.2. The van der Waals surface area contributed by atoms with Crippen LogP contribution in [-0.4, -0.2) is 35.1 Å². The lowest BCUT2D eigenvalue weighted by Gasteiger charge is -2.08. The minimum atomic E-state index is -0.353. The van der Waals surface area contributed by atoms with E-state index in [1.54, 1.807) is 36.7 Å². The zero-order chi connectivity index (χ0) is 38.6. The number of aromatic nitrogens is 2. The third-order valence-corrected chi connectivity index (χ3v) is 10.7. The Kier molecular flexibility index (Phi) is 30.5. The molecule has 306 valence electrons. The lowest BCUT2D eigenvalue weighted by atomic mass is 10.0. The summed E-state index contributed by atoms with van der Waals surface area (Å²) in [5, 5.41) is 0. The summed E-state index contributed by atoms with van der Waals surface area (Å²) >= 11 is 0. The number of unbranched alkanes of at least 4 members (excludes halogenated alkanes) is 30. The molecule has 0 radical (unpaired) electrons. The zero-order valence-corrected chi connectivity index (χ0v) is 35.0. The van der Waals surface area contributed by atoms with E-state index in [1.165, 1.54) is 180 Å². The molecule has 2 aromatic heterocycles. The molecular formula is C48H80N2O4. The first-order chi connectivity index (χ1) is 26.7. The predicted octanol–water partition coefficient (Wildman–Crippen LogP) is 15.0. The summed E-state index contributed by atoms with van der Waals surface area (Å²) in [6.45, 7) is 5.41. The molecule has 0 saturated heterocycles. The molecule has 2 heterocycles. The van der Waals surface area contributed by atoms with Crippen LogP contribution in [0.1, 0.15) is 240 Å². The van der Waals surface area contributed by atoms with Gasteiger partial charge in [0.1, 0.15) is 0 Å². The molecule has 0 unspecified atom stereocenters. The van der Waals surface area contributed by atoms with E-state index in [4.69, 9.17) is 9.47 Å². The van der Waals surface area contributed by atoms with Gasteiger partial charge in [-0.05, 0) is 37.1 Å². The SMILES string of the molecule is CCCCCCCCCCCCCCCCCCOC(=O)c1ccnc(-c2cc(C(=O)OCCCCCCCCCCCCCCCCCC)ccn2)c1. The summed E-state index contributed by atoms with van der Waals surface area (Å²) in [4.78, 5) is 34.3. The van der Waals surface area contributed by atoms with Crippen molar-refractivity contribution in [1.29, 1.82) is 0 Å². The fourth-order valence-electron chi connectivity index (χ4n) is 7.19. The van der Waals surface area contributed by atoms with Gasteiger partial charge >= 0.3 is 11.9 Å². The Morgan fingerprint density at radius 2 is 0.630 bits per heavy atom. The van der Waals surface area contributed by atoms with Crippen LogP contribution in [-0.2, 0) is 9.47 Å². The van der Waals surface area contributed by atoms with E-state index in [0.29, 0.717) is 35.7 Å². The first kappa shape index (κ1) is 47.4. The van der Waals surface area contributed by atoms with Crippen molar-refractivity contribution in [3.8, 4) is 11.4 Å². The van der Waals surface area contributed by atoms with E-state index >= 15 is 0 Å². The van der Waals surface area contributed by atoms with Crippen molar-refractivity contribution in [3.63, 3.8) is 0 Å². The highest BCUT2D eigenvalue weighted by atomic mass is 16.5. The van der Waals surface area contributed by atoms with Crippen LogP contribution in [0.3, 0.4) is 0 Å². The molecule has 0 aliphatic rings. The quantitative estimate of drug-likeness (QED) is 0.0506. The Hall–Kier alpha value is -2.76. The molecule has 6 heteroatoms. The molecule has 0 saturated carbocycles. The molecule has 0 aliphatic heterocycles. The van der Waals surface area contributed by atoms with E-state index in [-0.39, 0.29) is 11.9 Å². The fourth-order valence-corrected chi connectivity index (χ4v) is 7.19. The molecule has 0 atom stereocenters. The van der Waals surface area contributed by atoms with Crippen LogP contribution in [0.4, 0.5) is 0 Å². The topological polar surface area (TPSA) is 78.4 Å². The molecule has 54 heavy (non-hydrogen) atoms. The third kappa shape index (κ3) is 25.3. The number of ether oxygens (including phenoxy) is 2. The van der Waals surface area contributed by atoms with Crippen molar-refractivity contribution in [2.75, 3.05) is 13.2 Å². The summed E-state index contributed by atoms with van der Waals surface area (Å²) in [5.41, 5.74) is 1.93. The van der Waals surface area contributed by atoms with Gasteiger partial charge in [0, 0.05) is 12.4 Å². The van der Waals surface area contributed by atoms with Gasteiger partial charge in [-0.25, -0.2) is 9.59 Å². The molecule has 0 fully saturated rings. The van der Waals surface area contributed by atoms with E-state index in [1.807, 2.05) is 0 Å². The second-order valence-electron chi connectivity index (χ2n) is 15.7. The Morgan fingerprint density at radius 1 is 0.389 bits per heavy atom. The van der Waals surface area contributed by atoms with Gasteiger partial charge in [-0.1, -0.05) is 206 Å². The van der Waals surface area contributed by atoms with Crippen LogP contribution < -0.4 is 0 Å². The summed E-state index contributed by atoms with van der Waals surface area (Å²) in [7, 11) is 0. The monoisotopic (exact) mass is 749 g/mol. The zero-order valence-electron chi connectivity index (χ0n) is 35.0. The van der Waals surface area contributed by atoms with Gasteiger partial charge in [0.05, 0.1) is 35.7 Å². The Labute approximate surface area is 331 Å². The van der Waals surface area contributed by atoms with Crippen molar-refractivity contribution in [1.82, 2.24) is 9.97 Å². The molecule has 0 amide bonds. The van der Waals surface area contributed by atoms with Gasteiger partial charge in [-0.15, -0.1) is 0 Å². The largest absolute Gasteiger partial charge is 0.462 e. The maximum absolute atomic E-state index is 12.8. The molecule has 6 nitrogen and oxygen atoms in total. The molecule has 0 N–H and O–H groups in total. The predicted molar refractivity (Wildman–Crippen MR) is 227 cm³/mol. The summed E-state index contributed by atoms with van der Waals surface area (Å²) < 4.78 is 11.1. The molecule has 0 spiro atoms. The first-order valence-electron chi connectivity index (χ1n) is 22.9. The number of hydrogen-bond acceptors (Lipinski definition) is 6. The van der Waals surface area contributed by atoms with Crippen molar-refractivity contribution in [3.05, 3.63) is 47.8 Å². The van der Waals surface area contributed by atoms with Crippen LogP contribution >= 0.6 is 0 Å². The van der Waals surface area contributed by atoms with Crippen molar-refractivity contribution < 1.29 is 19.1 Å². The highest BCUT2D eigenvalue weighted by Gasteiger charge is 2.13. The van der Waals surface area contributed by atoms with Crippen molar-refractivity contribution in [2.45, 2.75) is 219 Å². The van der Waals surface area contributed by atoms with Gasteiger partial charge in [-0.2, -0.15) is 0 Å². The average Bonchev–Trinajstić information content (AvgIpc) is 3.20. The number of pyridine rings is 2. The third-order valence-electron chi connectivity index (χ3n) is 10.7. The summed E-state index contributed by atoms with van der Waals surface area (Å²) in [5.74, 6) is -0.706. The minimum Gasteiger partial charge on any atom is -0.462 e. The molecule has 0 aromatic carbocycles. The highest BCUT2D eigenvalue weighted by molar-refractivity contribution is 5.92. The second-order valence-corrected chi connectivity index (χ2v) is 15.7. The molecule has 2 rings (SSSR count). The van der Waals surface area contributed by atoms with Gasteiger partial charge in [0.2, 0.25) is 0 Å². The normalized spacial score (nSPS) is 11.2. The van der Waals surface area contributed by atoms with Gasteiger partial charge in [-0.3, -0.25) is 9.97 Å². The number of hydrogen-bond donors (Lipinski definition) is 0. The van der Waals surface area contributed by atoms with E-state index in [0.717, 1.165) is 25.7 Å². The van der Waals surface area contributed by atoms with E-state index in [9.17, 15) is 9.59 Å². The maximum atomic E-state index is 12.8. The standard InChI is InChI=1S/C48H80N2O4/c1-3-5-7-9-11-13-15-17-19-21-23-25-27-29-31-33-39-53-47(51)43-35-37-49-45(41-43)46-42-44(36-38-50-46)48(52)54-40-34-32-30-28-26-24-22-20-18-16-14-12-10-8-6-4-2/h35-38,41-42H,3-34,39-40H2,1-2H3. The lowest BCUT2D eigenvalue weighted by Crippen LogP contribution is -2.08. The van der Waals surface area contributed by atoms with Gasteiger partial charge < -0.3 is 9.47 Å². The first-order valence-corrected chi connectivity index (χ1v) is 22.9. The van der Waals surface area contributed by atoms with Crippen LogP contribution in [0.15, 0.2) is 36.7 Å². The van der Waals surface area contributed by atoms with Crippen molar-refractivity contribution in [2.24, 2.45) is 0 Å². The molecule has 0 aliphatic carbocycles. The van der Waals surface area contributed by atoms with Crippen LogP contribution in [0.2, 0.25) is 0 Å². The number of carbonyl (C=O) groups is 2. The lowest BCUT2D eigenvalue weighted by molar-refractivity contribution is 0.0488. The Bertz CT molecular complexity index is 1090. The fraction of sp³-hybridized carbons (Fsp3) is 0.750. The van der Waals surface area contributed by atoms with Crippen molar-refractivity contribution >= 4 is 11.9 Å².